The zero-order valence-corrected chi connectivity index (χ0v) is 87.0. The maximum atomic E-state index is 15.5. The van der Waals surface area contributed by atoms with Gasteiger partial charge in [0, 0.05) is 91.8 Å². The van der Waals surface area contributed by atoms with Crippen LogP contribution in [0.3, 0.4) is 0 Å². The number of hydrogen-bond donors (Lipinski definition) is 6. The Morgan fingerprint density at radius 1 is 0.369 bits per heavy atom. The summed E-state index contributed by atoms with van der Waals surface area (Å²) in [5, 5.41) is 61.1. The molecule has 848 valence electrons. The maximum absolute atomic E-state index is 15.5. The normalized spacial score (nSPS) is 40.3. The molecule has 51 heteroatoms. The molecule has 0 spiro atoms. The van der Waals surface area contributed by atoms with Crippen molar-refractivity contribution in [2.45, 2.75) is 424 Å². The monoisotopic (exact) mass is 2170 g/mol. The van der Waals surface area contributed by atoms with Crippen molar-refractivity contribution in [3.8, 4) is 0 Å². The summed E-state index contributed by atoms with van der Waals surface area (Å²) in [6, 6.07) is 0. The lowest BCUT2D eigenvalue weighted by Gasteiger charge is -2.45. The molecule has 5 saturated carbocycles. The van der Waals surface area contributed by atoms with Gasteiger partial charge in [-0.3, -0.25) is 28.8 Å². The topological polar surface area (TPSA) is 469 Å². The van der Waals surface area contributed by atoms with Gasteiger partial charge in [-0.15, -0.1) is 0 Å². The number of ether oxygens (including phenoxy) is 21. The summed E-state index contributed by atoms with van der Waals surface area (Å²) in [5.74, 6) is -46.9. The van der Waals surface area contributed by atoms with Crippen molar-refractivity contribution >= 4 is 53.7 Å². The van der Waals surface area contributed by atoms with E-state index in [0.29, 0.717) is 12.8 Å². The van der Waals surface area contributed by atoms with Crippen LogP contribution >= 0.6 is 0 Å². The molecule has 14 rings (SSSR count). The minimum Gasteiger partial charge on any atom is -0.459 e. The molecule has 0 amide bonds. The summed E-state index contributed by atoms with van der Waals surface area (Å²) >= 11 is 0. The van der Waals surface area contributed by atoms with Crippen LogP contribution in [0.25, 0.3) is 0 Å². The lowest BCUT2D eigenvalue weighted by Crippen LogP contribution is -2.60. The third-order valence-electron chi connectivity index (χ3n) is 31.0. The fourth-order valence-electron chi connectivity index (χ4n) is 23.6. The maximum Gasteiger partial charge on any atom is 0.443 e. The first-order valence-corrected chi connectivity index (χ1v) is 48.5. The van der Waals surface area contributed by atoms with Gasteiger partial charge in [-0.2, -0.15) is 65.9 Å². The van der Waals surface area contributed by atoms with Crippen molar-refractivity contribution < 1.29 is 239 Å². The molecule has 5 aliphatic carbocycles. The van der Waals surface area contributed by atoms with Gasteiger partial charge in [-0.1, -0.05) is 19.7 Å². The smallest absolute Gasteiger partial charge is 0.443 e. The van der Waals surface area contributed by atoms with E-state index in [1.54, 1.807) is 0 Å². The van der Waals surface area contributed by atoms with E-state index in [1.807, 2.05) is 0 Å². The second kappa shape index (κ2) is 38.6. The molecule has 36 nitrogen and oxygen atoms in total. The van der Waals surface area contributed by atoms with Crippen molar-refractivity contribution in [1.82, 2.24) is 0 Å². The number of alkyl halides is 15. The summed E-state index contributed by atoms with van der Waals surface area (Å²) in [7, 11) is 0. The first-order valence-electron chi connectivity index (χ1n) is 48.5. The summed E-state index contributed by atoms with van der Waals surface area (Å²) in [4.78, 5) is 118. The second-order valence-electron chi connectivity index (χ2n) is 47.6. The molecule has 6 bridgehead atoms. The van der Waals surface area contributed by atoms with E-state index >= 15 is 26.3 Å². The highest BCUT2D eigenvalue weighted by molar-refractivity contribution is 5.91. The molecule has 9 saturated heterocycles. The molecule has 6 N–H and O–H groups in total. The van der Waals surface area contributed by atoms with Crippen LogP contribution in [0, 0.1) is 59.2 Å². The molecule has 0 aromatic rings. The summed E-state index contributed by atoms with van der Waals surface area (Å²) in [5.41, 5.74) is -22.2. The average Bonchev–Trinajstić information content (AvgIpc) is 1.56. The molecule has 9 aliphatic heterocycles. The molecule has 14 aliphatic rings. The van der Waals surface area contributed by atoms with Crippen LogP contribution in [0.1, 0.15) is 230 Å². The number of carbonyl (C=O) groups excluding carboxylic acids is 9. The number of fused-ring (bicyclic) bond motifs is 4. The highest BCUT2D eigenvalue weighted by atomic mass is 19.4. The Bertz CT molecular complexity index is 4980. The van der Waals surface area contributed by atoms with E-state index in [2.05, 4.69) is 19.7 Å². The van der Waals surface area contributed by atoms with Crippen LogP contribution in [0.5, 0.6) is 0 Å². The molecule has 9 heterocycles. The van der Waals surface area contributed by atoms with Gasteiger partial charge in [-0.25, -0.2) is 14.4 Å². The fraction of sp³-hybridized carbons (Fsp3) is 0.847. The Hall–Kier alpha value is -7.32. The van der Waals surface area contributed by atoms with Crippen molar-refractivity contribution in [1.29, 1.82) is 0 Å². The van der Waals surface area contributed by atoms with Gasteiger partial charge in [0.05, 0.1) is 109 Å². The third-order valence-corrected chi connectivity index (χ3v) is 31.0. The Kier molecular flexibility index (Phi) is 31.2. The highest BCUT2D eigenvalue weighted by Crippen LogP contribution is 2.64. The zero-order valence-electron chi connectivity index (χ0n) is 87.0. The second-order valence-corrected chi connectivity index (χ2v) is 47.6. The van der Waals surface area contributed by atoms with Crippen molar-refractivity contribution in [2.75, 3.05) is 39.6 Å². The number of carbonyl (C=O) groups is 9. The van der Waals surface area contributed by atoms with E-state index < -0.39 is 365 Å². The van der Waals surface area contributed by atoms with E-state index in [9.17, 15) is 113 Å². The van der Waals surface area contributed by atoms with Crippen LogP contribution < -0.4 is 0 Å². The lowest BCUT2D eigenvalue weighted by atomic mass is 9.78. The Morgan fingerprint density at radius 2 is 0.644 bits per heavy atom. The Labute approximate surface area is 848 Å². The van der Waals surface area contributed by atoms with Crippen LogP contribution in [0.4, 0.5) is 65.9 Å². The van der Waals surface area contributed by atoms with Crippen molar-refractivity contribution in [3.05, 3.63) is 36.5 Å². The van der Waals surface area contributed by atoms with Gasteiger partial charge in [-0.05, 0) is 179 Å². The van der Waals surface area contributed by atoms with Crippen LogP contribution in [-0.2, 0) is 143 Å². The van der Waals surface area contributed by atoms with Crippen molar-refractivity contribution in [2.24, 2.45) is 59.2 Å². The average molecular weight is 2170 g/mol. The minimum atomic E-state index is -5.13. The first kappa shape index (κ1) is 120. The van der Waals surface area contributed by atoms with Gasteiger partial charge < -0.3 is 130 Å². The van der Waals surface area contributed by atoms with E-state index in [0.717, 1.165) is 41.5 Å². The van der Waals surface area contributed by atoms with Gasteiger partial charge in [0.25, 0.3) is 17.4 Å². The number of rotatable bonds is 33. The predicted octanol–water partition coefficient (Wildman–Crippen LogP) is 11.4. The molecule has 31 unspecified atom stereocenters. The number of esters is 9. The van der Waals surface area contributed by atoms with Gasteiger partial charge >= 0.3 is 90.0 Å². The standard InChI is InChI=1S/2C33H45F5O12.C32H45F5O12/c2*1-15(2)23(39)47-21-16-10-17-20(25(41)48-22(17)21)19(16)24(40)46-18(27(5,6)50-29(8)14-44-30(9,42)32(29,34)35)11-26(3,4)49-28(7)12-31(43,45-13-28)33(36,37)38;1-16(2)22(38)45-19-11-18(17-10-20(19)46-23(17)39)24(40)47-21(26(5,6)49-28(8)15-43-29(9,41)31(28,33)34)12-25(3,4)48-27(7)13-30(42,44-14-27)32(35,36)37/h2*16-22,42-43H,1,10-14H2,2-9H3;17-21,41-42H,1,10-15H2,2-9H3. The van der Waals surface area contributed by atoms with Gasteiger partial charge in [0.15, 0.2) is 16.8 Å². The predicted molar refractivity (Wildman–Crippen MR) is 471 cm³/mol. The zero-order chi connectivity index (χ0) is 113. The van der Waals surface area contributed by atoms with E-state index in [-0.39, 0.29) is 48.8 Å². The summed E-state index contributed by atoms with van der Waals surface area (Å²) < 4.78 is 331. The Balaban J connectivity index is 0.000000198. The quantitative estimate of drug-likeness (QED) is 0.0154. The van der Waals surface area contributed by atoms with Crippen LogP contribution in [0.2, 0.25) is 0 Å². The van der Waals surface area contributed by atoms with Crippen LogP contribution in [0.15, 0.2) is 36.5 Å². The van der Waals surface area contributed by atoms with Crippen molar-refractivity contribution in [3.63, 3.8) is 0 Å². The summed E-state index contributed by atoms with van der Waals surface area (Å²) in [6.45, 7) is 36.7. The fourth-order valence-corrected chi connectivity index (χ4v) is 23.6. The molecule has 0 aromatic carbocycles. The largest absolute Gasteiger partial charge is 0.459 e. The lowest BCUT2D eigenvalue weighted by molar-refractivity contribution is -0.349. The summed E-state index contributed by atoms with van der Waals surface area (Å²) in [6.07, 6.45) is -28.8. The molecule has 31 atom stereocenters. The first-order chi connectivity index (χ1) is 66.9. The number of hydrogen-bond acceptors (Lipinski definition) is 36. The van der Waals surface area contributed by atoms with E-state index in [1.165, 1.54) is 125 Å². The minimum absolute atomic E-state index is 0.0308. The number of aliphatic hydroxyl groups is 6. The SMILES string of the molecule is C=C(C)C(=O)OC1C2CC3C1OC(=O)C3C2C(=O)OC(CC(C)(C)OC1(C)COC(O)(C(F)(F)F)C1)C(C)(C)OC1(C)COC(C)(O)C1(F)F.C=C(C)C(=O)OC1C2CC3C1OC(=O)C3C2C(=O)OC(CC(C)(C)OC1(C)COC(O)(C(F)(F)F)C1)C(C)(C)OC1(C)COC(C)(O)C1(F)F.C=C(C)C(=O)OC1CC(C(=O)OC(CC(C)(C)OC2(C)COC(O)(C(F)(F)F)C2)C(C)(C)OC2(C)COC(C)(O)C2(F)F)C2CC1OC2=O. The van der Waals surface area contributed by atoms with Gasteiger partial charge in [0.2, 0.25) is 17.4 Å². The highest BCUT2D eigenvalue weighted by Gasteiger charge is 2.78. The Morgan fingerprint density at radius 3 is 0.899 bits per heavy atom. The molecule has 14 fully saturated rings. The molecular formula is C98H135F15O36. The number of halogens is 15. The molecule has 149 heavy (non-hydrogen) atoms. The van der Waals surface area contributed by atoms with E-state index in [4.69, 9.17) is 99.5 Å². The third kappa shape index (κ3) is 22.5. The molecule has 0 radical (unpaired) electrons. The van der Waals surface area contributed by atoms with Gasteiger partial charge in [0.1, 0.15) is 71.7 Å². The van der Waals surface area contributed by atoms with Crippen LogP contribution in [-0.4, -0.2) is 317 Å². The molecular weight excluding hydrogens is 2040 g/mol. The molecule has 0 aromatic heterocycles.